The minimum Gasteiger partial charge on any atom is -0.285 e. The summed E-state index contributed by atoms with van der Waals surface area (Å²) in [6.07, 6.45) is -0.669. The highest BCUT2D eigenvalue weighted by Gasteiger charge is 2.36. The Bertz CT molecular complexity index is 808. The van der Waals surface area contributed by atoms with E-state index in [0.29, 0.717) is 0 Å². The second-order valence-electron chi connectivity index (χ2n) is 4.68. The summed E-state index contributed by atoms with van der Waals surface area (Å²) >= 11 is 0. The highest BCUT2D eigenvalue weighted by Crippen LogP contribution is 2.33. The molecule has 23 heavy (non-hydrogen) atoms. The van der Waals surface area contributed by atoms with Gasteiger partial charge >= 0.3 is 0 Å². The van der Waals surface area contributed by atoms with Crippen LogP contribution in [0, 0.1) is 29.1 Å². The Labute approximate surface area is 128 Å². The first-order valence-corrected chi connectivity index (χ1v) is 7.66. The van der Waals surface area contributed by atoms with E-state index in [4.69, 9.17) is 0 Å². The summed E-state index contributed by atoms with van der Waals surface area (Å²) < 4.78 is 99.2. The molecular formula is C14H9F5O3S. The fraction of sp³-hybridized carbons (Fsp3) is 0.143. The first kappa shape index (κ1) is 17.4. The van der Waals surface area contributed by atoms with E-state index >= 15 is 0 Å². The highest BCUT2D eigenvalue weighted by atomic mass is 32.2. The molecule has 2 aromatic rings. The van der Waals surface area contributed by atoms with Crippen LogP contribution < -0.4 is 0 Å². The zero-order chi connectivity index (χ0) is 17.4. The van der Waals surface area contributed by atoms with Crippen molar-refractivity contribution >= 4 is 10.1 Å². The number of rotatable bonds is 4. The molecule has 1 atom stereocenters. The van der Waals surface area contributed by atoms with Crippen molar-refractivity contribution < 1.29 is 34.9 Å². The van der Waals surface area contributed by atoms with Crippen LogP contribution in [-0.2, 0) is 16.5 Å². The maximum absolute atomic E-state index is 13.8. The molecule has 0 spiro atoms. The van der Waals surface area contributed by atoms with Gasteiger partial charge in [0.25, 0.3) is 10.1 Å². The van der Waals surface area contributed by atoms with Crippen molar-refractivity contribution in [3.8, 4) is 0 Å². The van der Waals surface area contributed by atoms with E-state index in [1.54, 1.807) is 6.07 Å². The van der Waals surface area contributed by atoms with Gasteiger partial charge in [0.1, 0.15) is 5.25 Å². The Hall–Kier alpha value is -2.00. The molecule has 9 heteroatoms. The van der Waals surface area contributed by atoms with Crippen LogP contribution >= 0.6 is 0 Å². The summed E-state index contributed by atoms with van der Waals surface area (Å²) in [5.74, 6) is -11.5. The number of hydrogen-bond acceptors (Lipinski definition) is 2. The second-order valence-corrected chi connectivity index (χ2v) is 6.28. The molecule has 0 radical (unpaired) electrons. The Morgan fingerprint density at radius 2 is 1.26 bits per heavy atom. The van der Waals surface area contributed by atoms with Gasteiger partial charge in [0, 0.05) is 0 Å². The lowest BCUT2D eigenvalue weighted by Gasteiger charge is -2.17. The van der Waals surface area contributed by atoms with Gasteiger partial charge in [0.2, 0.25) is 5.82 Å². The van der Waals surface area contributed by atoms with Gasteiger partial charge in [-0.05, 0) is 12.0 Å². The van der Waals surface area contributed by atoms with E-state index in [0.717, 1.165) is 0 Å². The number of halogens is 5. The molecule has 1 N–H and O–H groups in total. The predicted octanol–water partition coefficient (Wildman–Crippen LogP) is 3.55. The average molecular weight is 352 g/mol. The lowest BCUT2D eigenvalue weighted by molar-refractivity contribution is 0.366. The van der Waals surface area contributed by atoms with Crippen LogP contribution in [0.4, 0.5) is 22.0 Å². The molecule has 1 unspecified atom stereocenters. The van der Waals surface area contributed by atoms with Crippen molar-refractivity contribution in [2.24, 2.45) is 0 Å². The maximum Gasteiger partial charge on any atom is 0.272 e. The van der Waals surface area contributed by atoms with Crippen molar-refractivity contribution in [2.75, 3.05) is 0 Å². The Kier molecular flexibility index (Phi) is 4.71. The zero-order valence-corrected chi connectivity index (χ0v) is 12.0. The summed E-state index contributed by atoms with van der Waals surface area (Å²) in [7, 11) is -5.14. The average Bonchev–Trinajstić information content (AvgIpc) is 2.50. The molecule has 0 aliphatic heterocycles. The van der Waals surface area contributed by atoms with E-state index in [1.165, 1.54) is 24.3 Å². The molecule has 0 fully saturated rings. The standard InChI is InChI=1S/C14H9F5O3S/c15-10-9(11(16)13(18)14(19)12(10)17)8(23(20,21)22)6-7-4-2-1-3-5-7/h1-5,8H,6H2,(H,20,21,22). The molecule has 124 valence electrons. The normalized spacial score (nSPS) is 13.1. The van der Waals surface area contributed by atoms with Gasteiger partial charge in [-0.15, -0.1) is 0 Å². The van der Waals surface area contributed by atoms with Crippen LogP contribution in [0.1, 0.15) is 16.4 Å². The SMILES string of the molecule is O=S(=O)(O)C(Cc1ccccc1)c1c(F)c(F)c(F)c(F)c1F. The summed E-state index contributed by atoms with van der Waals surface area (Å²) in [4.78, 5) is 0. The zero-order valence-electron chi connectivity index (χ0n) is 11.2. The van der Waals surface area contributed by atoms with Gasteiger partial charge in [-0.2, -0.15) is 8.42 Å². The molecule has 0 aliphatic rings. The van der Waals surface area contributed by atoms with Crippen LogP contribution in [0.3, 0.4) is 0 Å². The van der Waals surface area contributed by atoms with Crippen LogP contribution in [0.15, 0.2) is 30.3 Å². The molecule has 0 saturated carbocycles. The summed E-state index contributed by atoms with van der Waals surface area (Å²) in [5, 5.41) is -2.34. The van der Waals surface area contributed by atoms with Crippen molar-refractivity contribution in [1.29, 1.82) is 0 Å². The molecule has 0 bridgehead atoms. The third kappa shape index (κ3) is 3.35. The highest BCUT2D eigenvalue weighted by molar-refractivity contribution is 7.86. The van der Waals surface area contributed by atoms with E-state index in [2.05, 4.69) is 0 Å². The van der Waals surface area contributed by atoms with Crippen molar-refractivity contribution in [2.45, 2.75) is 11.7 Å². The molecule has 0 saturated heterocycles. The molecule has 2 aromatic carbocycles. The van der Waals surface area contributed by atoms with Gasteiger partial charge in [-0.3, -0.25) is 4.55 Å². The lowest BCUT2D eigenvalue weighted by Crippen LogP contribution is -2.20. The van der Waals surface area contributed by atoms with Gasteiger partial charge < -0.3 is 0 Å². The monoisotopic (exact) mass is 352 g/mol. The number of hydrogen-bond donors (Lipinski definition) is 1. The van der Waals surface area contributed by atoms with Gasteiger partial charge in [-0.1, -0.05) is 30.3 Å². The minimum absolute atomic E-state index is 0.221. The van der Waals surface area contributed by atoms with Crippen LogP contribution in [-0.4, -0.2) is 13.0 Å². The van der Waals surface area contributed by atoms with Crippen LogP contribution in [0.2, 0.25) is 0 Å². The lowest BCUT2D eigenvalue weighted by atomic mass is 10.0. The fourth-order valence-corrected chi connectivity index (χ4v) is 3.00. The van der Waals surface area contributed by atoms with Gasteiger partial charge in [-0.25, -0.2) is 22.0 Å². The van der Waals surface area contributed by atoms with Gasteiger partial charge in [0.05, 0.1) is 5.56 Å². The van der Waals surface area contributed by atoms with E-state index in [1.807, 2.05) is 0 Å². The predicted molar refractivity (Wildman–Crippen MR) is 70.7 cm³/mol. The summed E-state index contributed by atoms with van der Waals surface area (Å²) in [6.45, 7) is 0. The molecular weight excluding hydrogens is 343 g/mol. The molecule has 0 amide bonds. The third-order valence-corrected chi connectivity index (χ3v) is 4.31. The van der Waals surface area contributed by atoms with E-state index < -0.39 is 56.4 Å². The molecule has 2 rings (SSSR count). The summed E-state index contributed by atoms with van der Waals surface area (Å²) in [5.41, 5.74) is -1.37. The largest absolute Gasteiger partial charge is 0.285 e. The first-order valence-electron chi connectivity index (χ1n) is 6.16. The quantitative estimate of drug-likeness (QED) is 0.396. The molecule has 0 aliphatic carbocycles. The smallest absolute Gasteiger partial charge is 0.272 e. The summed E-state index contributed by atoms with van der Waals surface area (Å²) in [6, 6.07) is 7.29. The fourth-order valence-electron chi connectivity index (χ4n) is 2.09. The molecule has 0 heterocycles. The second kappa shape index (κ2) is 6.25. The van der Waals surface area contributed by atoms with Crippen LogP contribution in [0.25, 0.3) is 0 Å². The number of benzene rings is 2. The van der Waals surface area contributed by atoms with E-state index in [9.17, 15) is 34.9 Å². The Morgan fingerprint density at radius 3 is 1.70 bits per heavy atom. The first-order chi connectivity index (χ1) is 10.6. The minimum atomic E-state index is -5.14. The molecule has 3 nitrogen and oxygen atoms in total. The maximum atomic E-state index is 13.8. The third-order valence-electron chi connectivity index (χ3n) is 3.19. The Balaban J connectivity index is 2.67. The van der Waals surface area contributed by atoms with Crippen molar-refractivity contribution in [3.05, 3.63) is 70.5 Å². The van der Waals surface area contributed by atoms with Crippen molar-refractivity contribution in [1.82, 2.24) is 0 Å². The Morgan fingerprint density at radius 1 is 0.826 bits per heavy atom. The van der Waals surface area contributed by atoms with E-state index in [-0.39, 0.29) is 5.56 Å². The van der Waals surface area contributed by atoms with Crippen molar-refractivity contribution in [3.63, 3.8) is 0 Å². The molecule has 0 aromatic heterocycles. The topological polar surface area (TPSA) is 54.4 Å². The van der Waals surface area contributed by atoms with Gasteiger partial charge in [0.15, 0.2) is 23.3 Å². The van der Waals surface area contributed by atoms with Crippen LogP contribution in [0.5, 0.6) is 0 Å².